The number of nitrogens with zero attached hydrogens (tertiary/aromatic N) is 2. The fourth-order valence-electron chi connectivity index (χ4n) is 1.77. The van der Waals surface area contributed by atoms with Gasteiger partial charge in [0, 0.05) is 5.54 Å². The van der Waals surface area contributed by atoms with E-state index in [-0.39, 0.29) is 16.0 Å². The van der Waals surface area contributed by atoms with Gasteiger partial charge in [-0.1, -0.05) is 0 Å². The Bertz CT molecular complexity index is 709. The Morgan fingerprint density at radius 3 is 2.63 bits per heavy atom. The molecular formula is C12H15N3O3S. The molecule has 19 heavy (non-hydrogen) atoms. The zero-order chi connectivity index (χ0) is 14.4. The number of carboxylic acid groups (broad SMARTS) is 1. The number of nitrogens with one attached hydrogen (secondary N) is 1. The maximum absolute atomic E-state index is 12.3. The van der Waals surface area contributed by atoms with Crippen LogP contribution < -0.4 is 11.0 Å². The lowest BCUT2D eigenvalue weighted by Gasteiger charge is -2.22. The molecule has 0 unspecified atom stereocenters. The molecule has 0 aliphatic rings. The van der Waals surface area contributed by atoms with Crippen LogP contribution in [0.1, 0.15) is 36.0 Å². The molecule has 0 saturated heterocycles. The highest BCUT2D eigenvalue weighted by Gasteiger charge is 2.19. The topological polar surface area (TPSA) is 84.2 Å². The molecule has 2 aromatic rings. The number of thiophene rings is 1. The summed E-state index contributed by atoms with van der Waals surface area (Å²) in [6.07, 6.45) is 1.39. The number of aromatic nitrogens is 2. The van der Waals surface area contributed by atoms with Crippen LogP contribution in [0.5, 0.6) is 0 Å². The van der Waals surface area contributed by atoms with Crippen LogP contribution in [0.25, 0.3) is 10.2 Å². The van der Waals surface area contributed by atoms with E-state index in [1.54, 1.807) is 6.92 Å². The summed E-state index contributed by atoms with van der Waals surface area (Å²) >= 11 is 1.02. The van der Waals surface area contributed by atoms with Gasteiger partial charge in [-0.3, -0.25) is 4.79 Å². The van der Waals surface area contributed by atoms with Crippen molar-refractivity contribution in [2.45, 2.75) is 33.2 Å². The smallest absolute Gasteiger partial charge is 0.346 e. The van der Waals surface area contributed by atoms with Gasteiger partial charge in [-0.05, 0) is 33.3 Å². The zero-order valence-electron chi connectivity index (χ0n) is 11.1. The monoisotopic (exact) mass is 281 g/mol. The normalized spacial score (nSPS) is 11.8. The summed E-state index contributed by atoms with van der Waals surface area (Å²) in [5.74, 6) is -1.03. The molecule has 0 aliphatic carbocycles. The van der Waals surface area contributed by atoms with Crippen molar-refractivity contribution in [1.29, 1.82) is 0 Å². The van der Waals surface area contributed by atoms with Crippen molar-refractivity contribution in [2.75, 3.05) is 5.43 Å². The van der Waals surface area contributed by atoms with E-state index in [2.05, 4.69) is 10.4 Å². The van der Waals surface area contributed by atoms with Gasteiger partial charge in [-0.15, -0.1) is 11.3 Å². The lowest BCUT2D eigenvalue weighted by Crippen LogP contribution is -2.40. The first-order chi connectivity index (χ1) is 8.70. The zero-order valence-corrected chi connectivity index (χ0v) is 12.0. The minimum atomic E-state index is -1.03. The van der Waals surface area contributed by atoms with Crippen molar-refractivity contribution in [3.63, 3.8) is 0 Å². The number of carbonyl (C=O) groups is 1. The maximum Gasteiger partial charge on any atom is 0.346 e. The molecule has 0 radical (unpaired) electrons. The Labute approximate surface area is 113 Å². The second-order valence-corrected chi connectivity index (χ2v) is 6.32. The average molecular weight is 281 g/mol. The highest BCUT2D eigenvalue weighted by atomic mass is 32.1. The molecule has 0 bridgehead atoms. The van der Waals surface area contributed by atoms with Gasteiger partial charge in [-0.25, -0.2) is 14.5 Å². The number of hydrogen-bond acceptors (Lipinski definition) is 5. The fraction of sp³-hybridized carbons (Fsp3) is 0.417. The summed E-state index contributed by atoms with van der Waals surface area (Å²) in [5, 5.41) is 9.43. The van der Waals surface area contributed by atoms with E-state index in [0.717, 1.165) is 11.3 Å². The summed E-state index contributed by atoms with van der Waals surface area (Å²) in [6, 6.07) is 0. The first kappa shape index (κ1) is 13.5. The summed E-state index contributed by atoms with van der Waals surface area (Å²) in [6.45, 7) is 7.40. The number of fused-ring (bicyclic) bond motifs is 1. The van der Waals surface area contributed by atoms with Crippen LogP contribution in [-0.2, 0) is 0 Å². The Morgan fingerprint density at radius 1 is 1.47 bits per heavy atom. The van der Waals surface area contributed by atoms with E-state index in [1.807, 2.05) is 20.8 Å². The van der Waals surface area contributed by atoms with Crippen molar-refractivity contribution in [2.24, 2.45) is 0 Å². The van der Waals surface area contributed by atoms with Gasteiger partial charge in [0.2, 0.25) is 0 Å². The molecule has 0 fully saturated rings. The predicted molar refractivity (Wildman–Crippen MR) is 74.7 cm³/mol. The second kappa shape index (κ2) is 4.34. The Balaban J connectivity index is 2.68. The van der Waals surface area contributed by atoms with Crippen molar-refractivity contribution in [3.05, 3.63) is 27.1 Å². The van der Waals surface area contributed by atoms with Crippen LogP contribution >= 0.6 is 11.3 Å². The second-order valence-electron chi connectivity index (χ2n) is 5.32. The summed E-state index contributed by atoms with van der Waals surface area (Å²) in [5.41, 5.74) is 2.90. The molecule has 6 nitrogen and oxygen atoms in total. The van der Waals surface area contributed by atoms with Gasteiger partial charge < -0.3 is 10.5 Å². The molecule has 0 aromatic carbocycles. The van der Waals surface area contributed by atoms with E-state index in [9.17, 15) is 9.59 Å². The molecule has 7 heteroatoms. The number of rotatable bonds is 2. The summed E-state index contributed by atoms with van der Waals surface area (Å²) < 4.78 is 1.30. The lowest BCUT2D eigenvalue weighted by molar-refractivity contribution is 0.0701. The van der Waals surface area contributed by atoms with E-state index in [0.29, 0.717) is 15.8 Å². The fourth-order valence-corrected chi connectivity index (χ4v) is 2.75. The van der Waals surface area contributed by atoms with Gasteiger partial charge in [-0.2, -0.15) is 0 Å². The third-order valence-electron chi connectivity index (χ3n) is 2.50. The third-order valence-corrected chi connectivity index (χ3v) is 3.69. The van der Waals surface area contributed by atoms with Gasteiger partial charge in [0.05, 0.1) is 5.39 Å². The molecule has 0 atom stereocenters. The average Bonchev–Trinajstić information content (AvgIpc) is 2.59. The van der Waals surface area contributed by atoms with Gasteiger partial charge in [0.15, 0.2) is 0 Å². The van der Waals surface area contributed by atoms with Crippen LogP contribution in [0, 0.1) is 6.92 Å². The minimum absolute atomic E-state index is 0.160. The molecular weight excluding hydrogens is 266 g/mol. The van der Waals surface area contributed by atoms with E-state index >= 15 is 0 Å². The van der Waals surface area contributed by atoms with Crippen molar-refractivity contribution in [1.82, 2.24) is 9.66 Å². The van der Waals surface area contributed by atoms with E-state index in [4.69, 9.17) is 5.11 Å². The maximum atomic E-state index is 12.3. The van der Waals surface area contributed by atoms with E-state index in [1.165, 1.54) is 11.0 Å². The van der Waals surface area contributed by atoms with E-state index < -0.39 is 5.97 Å². The molecule has 0 aliphatic heterocycles. The minimum Gasteiger partial charge on any atom is -0.477 e. The van der Waals surface area contributed by atoms with Gasteiger partial charge >= 0.3 is 5.97 Å². The number of hydrogen-bond donors (Lipinski definition) is 2. The van der Waals surface area contributed by atoms with Crippen molar-refractivity contribution >= 4 is 27.5 Å². The molecule has 0 amide bonds. The van der Waals surface area contributed by atoms with Crippen LogP contribution in [0.3, 0.4) is 0 Å². The Morgan fingerprint density at radius 2 is 2.11 bits per heavy atom. The molecule has 2 rings (SSSR count). The molecule has 2 N–H and O–H groups in total. The molecule has 2 heterocycles. The predicted octanol–water partition coefficient (Wildman–Crippen LogP) is 1.81. The quantitative estimate of drug-likeness (QED) is 0.877. The molecule has 0 spiro atoms. The van der Waals surface area contributed by atoms with Crippen LogP contribution in [0.4, 0.5) is 0 Å². The third kappa shape index (κ3) is 2.46. The number of aryl methyl sites for hydroxylation is 1. The number of aromatic carboxylic acids is 1. The Kier molecular flexibility index (Phi) is 3.09. The number of carboxylic acids is 1. The highest BCUT2D eigenvalue weighted by molar-refractivity contribution is 7.20. The first-order valence-electron chi connectivity index (χ1n) is 5.73. The standard InChI is InChI=1S/C12H15N3O3S/c1-6-7-9(19-8(6)11(17)18)13-5-15(10(7)16)14-12(2,3)4/h5,14H,1-4H3,(H,17,18). The SMILES string of the molecule is Cc1c(C(=O)O)sc2ncn(NC(C)(C)C)c(=O)c12. The molecule has 0 saturated carbocycles. The summed E-state index contributed by atoms with van der Waals surface area (Å²) in [7, 11) is 0. The van der Waals surface area contributed by atoms with Gasteiger partial charge in [0.1, 0.15) is 16.0 Å². The molecule has 102 valence electrons. The van der Waals surface area contributed by atoms with Crippen molar-refractivity contribution < 1.29 is 9.90 Å². The lowest BCUT2D eigenvalue weighted by atomic mass is 10.1. The first-order valence-corrected chi connectivity index (χ1v) is 6.54. The largest absolute Gasteiger partial charge is 0.477 e. The summed E-state index contributed by atoms with van der Waals surface area (Å²) in [4.78, 5) is 28.2. The molecule has 2 aromatic heterocycles. The van der Waals surface area contributed by atoms with Crippen LogP contribution in [-0.4, -0.2) is 26.3 Å². The van der Waals surface area contributed by atoms with Gasteiger partial charge in [0.25, 0.3) is 5.56 Å². The highest BCUT2D eigenvalue weighted by Crippen LogP contribution is 2.26. The van der Waals surface area contributed by atoms with Crippen LogP contribution in [0.2, 0.25) is 0 Å². The van der Waals surface area contributed by atoms with Crippen LogP contribution in [0.15, 0.2) is 11.1 Å². The Hall–Kier alpha value is -1.89. The van der Waals surface area contributed by atoms with Crippen molar-refractivity contribution in [3.8, 4) is 0 Å².